The van der Waals surface area contributed by atoms with E-state index in [9.17, 15) is 29.1 Å². The van der Waals surface area contributed by atoms with Gasteiger partial charge in [-0.3, -0.25) is 19.2 Å². The van der Waals surface area contributed by atoms with Crippen LogP contribution in [-0.2, 0) is 25.6 Å². The lowest BCUT2D eigenvalue weighted by atomic mass is 10.0. The standard InChI is InChI=1S/C34H46N4O7/c1-23(2)21-27-32(41)37-28(22-24-13-7-6-8-14-24)33(42)38(3)19-11-4-5-12-20-45-29-16-10-9-15-25(29)31(40)36-26(34(43)44)17-18-30(39)35-27/h6-10,13-16,23,26-28H,4-5,11-12,17-22H2,1-3H3,(H,35,39)(H,36,40)(H,37,41)(H,43,44)/t26-,27-,28-/m0/s1. The maximum Gasteiger partial charge on any atom is 0.326 e. The molecular formula is C34H46N4O7. The van der Waals surface area contributed by atoms with Crippen molar-refractivity contribution in [2.75, 3.05) is 20.2 Å². The van der Waals surface area contributed by atoms with Crippen molar-refractivity contribution in [1.82, 2.24) is 20.9 Å². The number of para-hydroxylation sites is 1. The monoisotopic (exact) mass is 622 g/mol. The van der Waals surface area contributed by atoms with Crippen molar-refractivity contribution < 1.29 is 33.8 Å². The van der Waals surface area contributed by atoms with Gasteiger partial charge < -0.3 is 30.7 Å². The Hall–Kier alpha value is -4.41. The Kier molecular flexibility index (Phi) is 13.9. The molecule has 0 saturated carbocycles. The predicted octanol–water partition coefficient (Wildman–Crippen LogP) is 3.32. The highest BCUT2D eigenvalue weighted by Crippen LogP contribution is 2.19. The van der Waals surface area contributed by atoms with Crippen LogP contribution in [0.15, 0.2) is 54.6 Å². The molecule has 0 spiro atoms. The molecule has 0 saturated heterocycles. The molecule has 4 N–H and O–H groups in total. The molecule has 0 radical (unpaired) electrons. The Morgan fingerprint density at radius 1 is 0.911 bits per heavy atom. The van der Waals surface area contributed by atoms with Gasteiger partial charge in [0.2, 0.25) is 17.7 Å². The number of hydrogen-bond donors (Lipinski definition) is 4. The average molecular weight is 623 g/mol. The first-order chi connectivity index (χ1) is 21.5. The third-order valence-electron chi connectivity index (χ3n) is 7.67. The van der Waals surface area contributed by atoms with Crippen molar-refractivity contribution in [2.45, 2.75) is 83.3 Å². The van der Waals surface area contributed by atoms with Crippen LogP contribution in [0.2, 0.25) is 0 Å². The fourth-order valence-electron chi connectivity index (χ4n) is 5.20. The van der Waals surface area contributed by atoms with E-state index in [0.29, 0.717) is 25.3 Å². The summed E-state index contributed by atoms with van der Waals surface area (Å²) in [6, 6.07) is 12.9. The minimum atomic E-state index is -1.34. The Balaban J connectivity index is 1.84. The molecule has 2 aromatic rings. The first-order valence-corrected chi connectivity index (χ1v) is 15.7. The van der Waals surface area contributed by atoms with Gasteiger partial charge in [-0.25, -0.2) is 4.79 Å². The second kappa shape index (κ2) is 17.8. The van der Waals surface area contributed by atoms with Crippen molar-refractivity contribution in [3.05, 3.63) is 65.7 Å². The van der Waals surface area contributed by atoms with Gasteiger partial charge >= 0.3 is 5.97 Å². The van der Waals surface area contributed by atoms with Gasteiger partial charge in [0.1, 0.15) is 23.9 Å². The number of carbonyl (C=O) groups is 5. The van der Waals surface area contributed by atoms with Gasteiger partial charge in [-0.15, -0.1) is 0 Å². The zero-order chi connectivity index (χ0) is 32.8. The Morgan fingerprint density at radius 3 is 2.31 bits per heavy atom. The molecule has 0 aliphatic carbocycles. The molecular weight excluding hydrogens is 576 g/mol. The summed E-state index contributed by atoms with van der Waals surface area (Å²) in [6.45, 7) is 4.71. The summed E-state index contributed by atoms with van der Waals surface area (Å²) in [6.07, 6.45) is 3.35. The number of nitrogens with zero attached hydrogens (tertiary/aromatic N) is 1. The van der Waals surface area contributed by atoms with Crippen LogP contribution in [0.3, 0.4) is 0 Å². The van der Waals surface area contributed by atoms with Gasteiger partial charge in [-0.2, -0.15) is 0 Å². The minimum absolute atomic E-state index is 0.0406. The van der Waals surface area contributed by atoms with Gasteiger partial charge in [0.15, 0.2) is 0 Å². The van der Waals surface area contributed by atoms with Gasteiger partial charge in [-0.1, -0.05) is 69.2 Å². The van der Waals surface area contributed by atoms with Crippen LogP contribution < -0.4 is 20.7 Å². The fraction of sp³-hybridized carbons (Fsp3) is 0.500. The molecule has 11 heteroatoms. The number of nitrogens with one attached hydrogen (secondary N) is 3. The van der Waals surface area contributed by atoms with Gasteiger partial charge in [0.05, 0.1) is 12.2 Å². The van der Waals surface area contributed by atoms with Gasteiger partial charge in [-0.05, 0) is 49.3 Å². The number of ether oxygens (including phenoxy) is 1. The third kappa shape index (κ3) is 11.6. The van der Waals surface area contributed by atoms with Crippen molar-refractivity contribution in [3.63, 3.8) is 0 Å². The summed E-state index contributed by atoms with van der Waals surface area (Å²) in [5.41, 5.74) is 1.09. The molecule has 0 unspecified atom stereocenters. The molecule has 3 rings (SSSR count). The highest BCUT2D eigenvalue weighted by molar-refractivity contribution is 5.99. The summed E-state index contributed by atoms with van der Waals surface area (Å²) in [5.74, 6) is -2.76. The molecule has 3 atom stereocenters. The van der Waals surface area contributed by atoms with E-state index in [4.69, 9.17) is 4.74 Å². The number of hydrogen-bond acceptors (Lipinski definition) is 6. The lowest BCUT2D eigenvalue weighted by Crippen LogP contribution is -2.55. The molecule has 1 aliphatic rings. The minimum Gasteiger partial charge on any atom is -0.493 e. The smallest absolute Gasteiger partial charge is 0.326 e. The zero-order valence-electron chi connectivity index (χ0n) is 26.4. The molecule has 244 valence electrons. The number of carbonyl (C=O) groups excluding carboxylic acids is 4. The Labute approximate surface area is 265 Å². The summed E-state index contributed by atoms with van der Waals surface area (Å²) in [7, 11) is 1.72. The van der Waals surface area contributed by atoms with E-state index in [1.807, 2.05) is 44.2 Å². The maximum atomic E-state index is 13.6. The van der Waals surface area contributed by atoms with Gasteiger partial charge in [0, 0.05) is 26.4 Å². The van der Waals surface area contributed by atoms with E-state index in [-0.39, 0.29) is 36.7 Å². The van der Waals surface area contributed by atoms with Gasteiger partial charge in [0.25, 0.3) is 5.91 Å². The number of aliphatic carboxylic acids is 1. The molecule has 45 heavy (non-hydrogen) atoms. The first-order valence-electron chi connectivity index (χ1n) is 15.7. The molecule has 1 heterocycles. The van der Waals surface area contributed by atoms with Crippen LogP contribution in [0.1, 0.15) is 74.7 Å². The normalized spacial score (nSPS) is 21.7. The number of benzene rings is 2. The van der Waals surface area contributed by atoms with Crippen LogP contribution in [0.4, 0.5) is 0 Å². The number of carboxylic acids is 1. The second-order valence-electron chi connectivity index (χ2n) is 11.9. The molecule has 4 amide bonds. The largest absolute Gasteiger partial charge is 0.493 e. The van der Waals surface area contributed by atoms with Crippen molar-refractivity contribution in [3.8, 4) is 5.75 Å². The fourth-order valence-corrected chi connectivity index (χ4v) is 5.20. The van der Waals surface area contributed by atoms with E-state index in [0.717, 1.165) is 31.2 Å². The first kappa shape index (κ1) is 35.1. The molecule has 0 aromatic heterocycles. The van der Waals surface area contributed by atoms with Crippen LogP contribution in [0.25, 0.3) is 0 Å². The second-order valence-corrected chi connectivity index (χ2v) is 11.9. The topological polar surface area (TPSA) is 154 Å². The average Bonchev–Trinajstić information content (AvgIpc) is 3.01. The lowest BCUT2D eigenvalue weighted by molar-refractivity contribution is -0.139. The molecule has 1 aliphatic heterocycles. The molecule has 0 bridgehead atoms. The van der Waals surface area contributed by atoms with Crippen LogP contribution in [0, 0.1) is 5.92 Å². The van der Waals surface area contributed by atoms with Crippen molar-refractivity contribution in [2.24, 2.45) is 5.92 Å². The van der Waals surface area contributed by atoms with Crippen molar-refractivity contribution >= 4 is 29.6 Å². The van der Waals surface area contributed by atoms with E-state index in [2.05, 4.69) is 16.0 Å². The highest BCUT2D eigenvalue weighted by Gasteiger charge is 2.30. The van der Waals surface area contributed by atoms with Crippen LogP contribution in [0.5, 0.6) is 5.75 Å². The maximum absolute atomic E-state index is 13.6. The summed E-state index contributed by atoms with van der Waals surface area (Å²) in [5, 5.41) is 17.9. The van der Waals surface area contributed by atoms with Crippen LogP contribution in [-0.4, -0.2) is 77.9 Å². The number of rotatable bonds is 5. The highest BCUT2D eigenvalue weighted by atomic mass is 16.5. The summed E-state index contributed by atoms with van der Waals surface area (Å²) in [4.78, 5) is 66.9. The number of carboxylic acid groups (broad SMARTS) is 1. The SMILES string of the molecule is CC(C)C[C@@H]1NC(=O)CC[C@@H](C(=O)O)NC(=O)c2ccccc2OCCCCCCN(C)C(=O)[C@H](Cc2ccccc2)NC1=O. The third-order valence-corrected chi connectivity index (χ3v) is 7.67. The van der Waals surface area contributed by atoms with E-state index in [1.54, 1.807) is 36.2 Å². The predicted molar refractivity (Wildman–Crippen MR) is 170 cm³/mol. The quantitative estimate of drug-likeness (QED) is 0.399. The molecule has 11 nitrogen and oxygen atoms in total. The number of likely N-dealkylation sites (N-methyl/N-ethyl adjacent to an activating group) is 1. The van der Waals surface area contributed by atoms with Crippen LogP contribution >= 0.6 is 0 Å². The van der Waals surface area contributed by atoms with E-state index in [1.165, 1.54) is 0 Å². The lowest BCUT2D eigenvalue weighted by Gasteiger charge is -2.27. The zero-order valence-corrected chi connectivity index (χ0v) is 26.4. The number of fused-ring (bicyclic) bond motifs is 1. The van der Waals surface area contributed by atoms with E-state index < -0.39 is 41.8 Å². The summed E-state index contributed by atoms with van der Waals surface area (Å²) < 4.78 is 5.87. The Morgan fingerprint density at radius 2 is 1.60 bits per heavy atom. The van der Waals surface area contributed by atoms with Crippen molar-refractivity contribution in [1.29, 1.82) is 0 Å². The molecule has 0 fully saturated rings. The van der Waals surface area contributed by atoms with E-state index >= 15 is 0 Å². The summed E-state index contributed by atoms with van der Waals surface area (Å²) >= 11 is 0. The number of amides is 4. The Bertz CT molecular complexity index is 1300. The molecule has 2 aromatic carbocycles.